The molecule has 1 fully saturated rings. The molecular weight excluding hydrogens is 156 g/mol. The van der Waals surface area contributed by atoms with E-state index in [2.05, 4.69) is 6.92 Å². The summed E-state index contributed by atoms with van der Waals surface area (Å²) in [6.07, 6.45) is 4.69. The zero-order valence-electron chi connectivity index (χ0n) is 7.62. The van der Waals surface area contributed by atoms with Crippen molar-refractivity contribution in [1.82, 2.24) is 0 Å². The quantitative estimate of drug-likeness (QED) is 0.647. The molecule has 2 atom stereocenters. The summed E-state index contributed by atoms with van der Waals surface area (Å²) < 4.78 is 10.8. The Morgan fingerprint density at radius 2 is 2.42 bits per heavy atom. The molecule has 0 bridgehead atoms. The fourth-order valence-electron chi connectivity index (χ4n) is 1.17. The number of allylic oxidation sites excluding steroid dienone is 1. The third-order valence-electron chi connectivity index (χ3n) is 1.82. The van der Waals surface area contributed by atoms with E-state index in [0.717, 1.165) is 6.42 Å². The molecule has 0 radical (unpaired) electrons. The lowest BCUT2D eigenvalue weighted by molar-refractivity contribution is -0.118. The van der Waals surface area contributed by atoms with Gasteiger partial charge in [0.2, 0.25) is 0 Å². The minimum Gasteiger partial charge on any atom is -0.394 e. The molecule has 0 aromatic heterocycles. The van der Waals surface area contributed by atoms with Gasteiger partial charge in [0, 0.05) is 0 Å². The maximum absolute atomic E-state index is 8.79. The number of aliphatic hydroxyl groups excluding tert-OH is 1. The number of hydrogen-bond donors (Lipinski definition) is 1. The number of ether oxygens (including phenoxy) is 2. The second kappa shape index (κ2) is 4.03. The highest BCUT2D eigenvalue weighted by Gasteiger charge is 2.34. The van der Waals surface area contributed by atoms with Crippen molar-refractivity contribution in [3.63, 3.8) is 0 Å². The Morgan fingerprint density at radius 1 is 1.67 bits per heavy atom. The predicted molar refractivity (Wildman–Crippen MR) is 45.7 cm³/mol. The van der Waals surface area contributed by atoms with Crippen molar-refractivity contribution in [3.05, 3.63) is 12.2 Å². The van der Waals surface area contributed by atoms with Crippen LogP contribution in [-0.4, -0.2) is 30.2 Å². The van der Waals surface area contributed by atoms with Gasteiger partial charge in [0.1, 0.15) is 6.10 Å². The summed E-state index contributed by atoms with van der Waals surface area (Å²) in [5.74, 6) is -0.622. The smallest absolute Gasteiger partial charge is 0.185 e. The minimum atomic E-state index is -0.622. The first kappa shape index (κ1) is 9.71. The molecule has 1 aliphatic heterocycles. The molecule has 0 aromatic carbocycles. The maximum atomic E-state index is 8.79. The van der Waals surface area contributed by atoms with Gasteiger partial charge in [-0.25, -0.2) is 0 Å². The lowest BCUT2D eigenvalue weighted by Crippen LogP contribution is -2.24. The van der Waals surface area contributed by atoms with Crippen LogP contribution in [0.4, 0.5) is 0 Å². The predicted octanol–water partition coefficient (Wildman–Crippen LogP) is 1.08. The van der Waals surface area contributed by atoms with Crippen LogP contribution < -0.4 is 0 Å². The summed E-state index contributed by atoms with van der Waals surface area (Å²) >= 11 is 0. The third-order valence-corrected chi connectivity index (χ3v) is 1.82. The number of rotatable bonds is 3. The molecule has 0 spiro atoms. The summed E-state index contributed by atoms with van der Waals surface area (Å²) in [5, 5.41) is 8.79. The van der Waals surface area contributed by atoms with E-state index in [9.17, 15) is 0 Å². The summed E-state index contributed by atoms with van der Waals surface area (Å²) in [6.45, 7) is 4.41. The summed E-state index contributed by atoms with van der Waals surface area (Å²) in [6, 6.07) is 0. The van der Waals surface area contributed by atoms with Gasteiger partial charge in [-0.15, -0.1) is 0 Å². The molecule has 0 saturated carbocycles. The SMILES string of the molecule is CCC=CC1(C)OCC(CO)O1. The van der Waals surface area contributed by atoms with Crippen LogP contribution >= 0.6 is 0 Å². The molecule has 3 heteroatoms. The first-order chi connectivity index (χ1) is 5.70. The van der Waals surface area contributed by atoms with E-state index in [1.165, 1.54) is 0 Å². The van der Waals surface area contributed by atoms with Crippen molar-refractivity contribution in [2.24, 2.45) is 0 Å². The van der Waals surface area contributed by atoms with Crippen molar-refractivity contribution in [2.45, 2.75) is 32.2 Å². The molecule has 1 saturated heterocycles. The van der Waals surface area contributed by atoms with E-state index in [4.69, 9.17) is 14.6 Å². The van der Waals surface area contributed by atoms with Gasteiger partial charge in [-0.05, 0) is 19.4 Å². The van der Waals surface area contributed by atoms with Crippen LogP contribution in [0.2, 0.25) is 0 Å². The summed E-state index contributed by atoms with van der Waals surface area (Å²) in [4.78, 5) is 0. The first-order valence-electron chi connectivity index (χ1n) is 4.30. The van der Waals surface area contributed by atoms with Gasteiger partial charge in [-0.3, -0.25) is 0 Å². The largest absolute Gasteiger partial charge is 0.394 e. The third kappa shape index (κ3) is 2.30. The molecule has 0 amide bonds. The zero-order chi connectivity index (χ0) is 9.03. The monoisotopic (exact) mass is 172 g/mol. The molecule has 1 heterocycles. The molecular formula is C9H16O3. The van der Waals surface area contributed by atoms with Crippen molar-refractivity contribution in [3.8, 4) is 0 Å². The Balaban J connectivity index is 2.46. The fourth-order valence-corrected chi connectivity index (χ4v) is 1.17. The topological polar surface area (TPSA) is 38.7 Å². The van der Waals surface area contributed by atoms with Crippen LogP contribution in [0.5, 0.6) is 0 Å². The van der Waals surface area contributed by atoms with Crippen LogP contribution in [0, 0.1) is 0 Å². The molecule has 1 rings (SSSR count). The van der Waals surface area contributed by atoms with Gasteiger partial charge in [-0.2, -0.15) is 0 Å². The van der Waals surface area contributed by atoms with E-state index in [1.807, 2.05) is 19.1 Å². The zero-order valence-corrected chi connectivity index (χ0v) is 7.62. The Morgan fingerprint density at radius 3 is 2.92 bits per heavy atom. The van der Waals surface area contributed by atoms with E-state index >= 15 is 0 Å². The second-order valence-electron chi connectivity index (χ2n) is 3.06. The molecule has 12 heavy (non-hydrogen) atoms. The average Bonchev–Trinajstić information content (AvgIpc) is 2.45. The minimum absolute atomic E-state index is 0.0234. The van der Waals surface area contributed by atoms with Crippen molar-refractivity contribution < 1.29 is 14.6 Å². The van der Waals surface area contributed by atoms with Crippen LogP contribution in [0.25, 0.3) is 0 Å². The van der Waals surface area contributed by atoms with E-state index < -0.39 is 5.79 Å². The lowest BCUT2D eigenvalue weighted by Gasteiger charge is -2.18. The van der Waals surface area contributed by atoms with Crippen molar-refractivity contribution in [1.29, 1.82) is 0 Å². The molecule has 1 N–H and O–H groups in total. The highest BCUT2D eigenvalue weighted by atomic mass is 16.7. The van der Waals surface area contributed by atoms with Crippen molar-refractivity contribution in [2.75, 3.05) is 13.2 Å². The van der Waals surface area contributed by atoms with Gasteiger partial charge in [0.25, 0.3) is 0 Å². The average molecular weight is 172 g/mol. The van der Waals surface area contributed by atoms with Gasteiger partial charge < -0.3 is 14.6 Å². The first-order valence-corrected chi connectivity index (χ1v) is 4.30. The van der Waals surface area contributed by atoms with Crippen LogP contribution in [0.3, 0.4) is 0 Å². The summed E-state index contributed by atoms with van der Waals surface area (Å²) in [7, 11) is 0. The number of hydrogen-bond acceptors (Lipinski definition) is 3. The van der Waals surface area contributed by atoms with E-state index in [0.29, 0.717) is 6.61 Å². The Bertz CT molecular complexity index is 167. The Labute approximate surface area is 73.0 Å². The molecule has 3 nitrogen and oxygen atoms in total. The molecule has 2 unspecified atom stereocenters. The van der Waals surface area contributed by atoms with Gasteiger partial charge in [-0.1, -0.05) is 13.0 Å². The van der Waals surface area contributed by atoms with Crippen LogP contribution in [0.1, 0.15) is 20.3 Å². The molecule has 0 aromatic rings. The van der Waals surface area contributed by atoms with E-state index in [-0.39, 0.29) is 12.7 Å². The lowest BCUT2D eigenvalue weighted by atomic mass is 10.2. The number of aliphatic hydroxyl groups is 1. The normalized spacial score (nSPS) is 36.4. The standard InChI is InChI=1S/C9H16O3/c1-3-4-5-9(2)11-7-8(6-10)12-9/h4-5,8,10H,3,6-7H2,1-2H3. The van der Waals surface area contributed by atoms with Crippen molar-refractivity contribution >= 4 is 0 Å². The maximum Gasteiger partial charge on any atom is 0.185 e. The highest BCUT2D eigenvalue weighted by molar-refractivity contribution is 4.96. The second-order valence-corrected chi connectivity index (χ2v) is 3.06. The highest BCUT2D eigenvalue weighted by Crippen LogP contribution is 2.24. The Hall–Kier alpha value is -0.380. The summed E-state index contributed by atoms with van der Waals surface area (Å²) in [5.41, 5.74) is 0. The van der Waals surface area contributed by atoms with Crippen LogP contribution in [-0.2, 0) is 9.47 Å². The molecule has 70 valence electrons. The van der Waals surface area contributed by atoms with Gasteiger partial charge >= 0.3 is 0 Å². The van der Waals surface area contributed by atoms with Gasteiger partial charge in [0.05, 0.1) is 13.2 Å². The van der Waals surface area contributed by atoms with Gasteiger partial charge in [0.15, 0.2) is 5.79 Å². The fraction of sp³-hybridized carbons (Fsp3) is 0.778. The molecule has 0 aliphatic carbocycles. The van der Waals surface area contributed by atoms with E-state index in [1.54, 1.807) is 0 Å². The Kier molecular flexibility index (Phi) is 3.26. The molecule has 1 aliphatic rings. The van der Waals surface area contributed by atoms with Crippen LogP contribution in [0.15, 0.2) is 12.2 Å².